The van der Waals surface area contributed by atoms with E-state index in [1.165, 1.54) is 12.1 Å². The van der Waals surface area contributed by atoms with Crippen LogP contribution >= 0.6 is 22.9 Å². The van der Waals surface area contributed by atoms with E-state index in [4.69, 9.17) is 11.6 Å². The van der Waals surface area contributed by atoms with E-state index in [-0.39, 0.29) is 23.0 Å². The van der Waals surface area contributed by atoms with Crippen molar-refractivity contribution in [3.8, 4) is 0 Å². The predicted octanol–water partition coefficient (Wildman–Crippen LogP) is 3.41. The van der Waals surface area contributed by atoms with Gasteiger partial charge in [-0.05, 0) is 47.5 Å². The van der Waals surface area contributed by atoms with Crippen molar-refractivity contribution in [3.05, 3.63) is 81.2 Å². The first kappa shape index (κ1) is 25.3. The van der Waals surface area contributed by atoms with Gasteiger partial charge in [-0.3, -0.25) is 19.4 Å². The normalized spacial score (nSPS) is 15.7. The highest BCUT2D eigenvalue weighted by Gasteiger charge is 2.33. The average Bonchev–Trinajstić information content (AvgIpc) is 3.48. The molecular formula is C26H22ClN3O5S2. The summed E-state index contributed by atoms with van der Waals surface area (Å²) in [6.07, 6.45) is -0.0127. The predicted molar refractivity (Wildman–Crippen MR) is 143 cm³/mol. The maximum atomic E-state index is 13.2. The SMILES string of the molecule is CN1CCN=C1c1ccc2c(c1)CC(=O)N(c1ccc(CC(=O)CS(=O)(=O)c3ccc(Cl)s3)cc1)C2=O. The fraction of sp³-hybridized carbons (Fsp3) is 0.231. The Morgan fingerprint density at radius 1 is 1.08 bits per heavy atom. The van der Waals surface area contributed by atoms with Crippen LogP contribution in [0.15, 0.2) is 63.8 Å². The minimum absolute atomic E-state index is 0.0546. The number of anilines is 1. The number of imide groups is 1. The molecule has 0 bridgehead atoms. The van der Waals surface area contributed by atoms with Gasteiger partial charge in [0.05, 0.1) is 23.0 Å². The summed E-state index contributed by atoms with van der Waals surface area (Å²) in [4.78, 5) is 46.3. The number of nitrogens with zero attached hydrogens (tertiary/aromatic N) is 3. The number of carbonyl (C=O) groups excluding carboxylic acids is 3. The molecule has 0 aliphatic carbocycles. The fourth-order valence-corrected chi connectivity index (χ4v) is 7.27. The number of thiophene rings is 1. The third-order valence-electron chi connectivity index (χ3n) is 6.25. The largest absolute Gasteiger partial charge is 0.358 e. The van der Waals surface area contributed by atoms with Crippen molar-refractivity contribution in [3.63, 3.8) is 0 Å². The molecular weight excluding hydrogens is 534 g/mol. The maximum absolute atomic E-state index is 13.2. The molecule has 1 aromatic heterocycles. The van der Waals surface area contributed by atoms with Crippen LogP contribution in [0.1, 0.15) is 27.0 Å². The molecule has 2 amide bonds. The van der Waals surface area contributed by atoms with Crippen molar-refractivity contribution in [1.29, 1.82) is 0 Å². The van der Waals surface area contributed by atoms with Gasteiger partial charge in [-0.1, -0.05) is 29.8 Å². The summed E-state index contributed by atoms with van der Waals surface area (Å²) in [5.74, 6) is -1.01. The molecule has 8 nitrogen and oxygen atoms in total. The van der Waals surface area contributed by atoms with E-state index in [0.29, 0.717) is 26.7 Å². The highest BCUT2D eigenvalue weighted by molar-refractivity contribution is 7.94. The number of Topliss-reactive ketones (excluding diaryl/α,β-unsaturated/α-hetero) is 1. The van der Waals surface area contributed by atoms with Crippen molar-refractivity contribution >= 4 is 61.9 Å². The van der Waals surface area contributed by atoms with Crippen LogP contribution in [0.2, 0.25) is 4.34 Å². The molecule has 3 heterocycles. The lowest BCUT2D eigenvalue weighted by Gasteiger charge is -2.27. The molecule has 0 unspecified atom stereocenters. The van der Waals surface area contributed by atoms with Gasteiger partial charge in [0, 0.05) is 31.1 Å². The van der Waals surface area contributed by atoms with Crippen molar-refractivity contribution in [1.82, 2.24) is 4.90 Å². The van der Waals surface area contributed by atoms with Crippen LogP contribution in [0.25, 0.3) is 0 Å². The van der Waals surface area contributed by atoms with E-state index in [1.807, 2.05) is 24.1 Å². The number of rotatable bonds is 7. The monoisotopic (exact) mass is 555 g/mol. The number of carbonyl (C=O) groups is 3. The Hall–Kier alpha value is -3.34. The summed E-state index contributed by atoms with van der Waals surface area (Å²) in [6, 6.07) is 14.7. The zero-order valence-corrected chi connectivity index (χ0v) is 22.2. The highest BCUT2D eigenvalue weighted by atomic mass is 35.5. The van der Waals surface area contributed by atoms with Crippen molar-refractivity contribution in [2.45, 2.75) is 17.1 Å². The number of sulfone groups is 1. The number of benzene rings is 2. The Bertz CT molecular complexity index is 1560. The third-order valence-corrected chi connectivity index (χ3v) is 9.74. The summed E-state index contributed by atoms with van der Waals surface area (Å²) in [7, 11) is -1.80. The minimum atomic E-state index is -3.76. The maximum Gasteiger partial charge on any atom is 0.265 e. The van der Waals surface area contributed by atoms with Gasteiger partial charge in [0.2, 0.25) is 5.91 Å². The van der Waals surface area contributed by atoms with Crippen molar-refractivity contribution in [2.75, 3.05) is 30.8 Å². The van der Waals surface area contributed by atoms with E-state index >= 15 is 0 Å². The Morgan fingerprint density at radius 3 is 2.49 bits per heavy atom. The second-order valence-electron chi connectivity index (χ2n) is 8.91. The first-order valence-electron chi connectivity index (χ1n) is 11.5. The number of hydrogen-bond acceptors (Lipinski definition) is 8. The molecule has 0 saturated heterocycles. The van der Waals surface area contributed by atoms with Crippen molar-refractivity contribution < 1.29 is 22.8 Å². The van der Waals surface area contributed by atoms with Gasteiger partial charge in [-0.15, -0.1) is 11.3 Å². The number of halogens is 1. The van der Waals surface area contributed by atoms with Crippen LogP contribution in [0.3, 0.4) is 0 Å². The summed E-state index contributed by atoms with van der Waals surface area (Å²) in [5.41, 5.74) is 2.98. The number of fused-ring (bicyclic) bond motifs is 1. The number of ketones is 1. The molecule has 0 fully saturated rings. The molecule has 3 aromatic rings. The summed E-state index contributed by atoms with van der Waals surface area (Å²) < 4.78 is 25.3. The second kappa shape index (κ2) is 9.85. The van der Waals surface area contributed by atoms with Crippen LogP contribution in [-0.2, 0) is 32.3 Å². The smallest absolute Gasteiger partial charge is 0.265 e. The first-order valence-corrected chi connectivity index (χ1v) is 14.3. The van der Waals surface area contributed by atoms with E-state index in [0.717, 1.165) is 40.7 Å². The molecule has 0 atom stereocenters. The van der Waals surface area contributed by atoms with Gasteiger partial charge in [0.1, 0.15) is 15.8 Å². The number of likely N-dealkylation sites (N-methyl/N-ethyl adjacent to an activating group) is 1. The average molecular weight is 556 g/mol. The van der Waals surface area contributed by atoms with Gasteiger partial charge in [-0.2, -0.15) is 0 Å². The molecule has 0 N–H and O–H groups in total. The highest BCUT2D eigenvalue weighted by Crippen LogP contribution is 2.28. The number of amides is 2. The Kier molecular flexibility index (Phi) is 6.74. The van der Waals surface area contributed by atoms with Crippen LogP contribution in [0, 0.1) is 0 Å². The molecule has 0 saturated carbocycles. The first-order chi connectivity index (χ1) is 17.6. The van der Waals surface area contributed by atoms with E-state index < -0.39 is 27.3 Å². The van der Waals surface area contributed by atoms with Gasteiger partial charge in [0.15, 0.2) is 15.6 Å². The summed E-state index contributed by atoms with van der Waals surface area (Å²) in [5, 5.41) is 0. The Morgan fingerprint density at radius 2 is 1.84 bits per heavy atom. The molecule has 190 valence electrons. The Labute approximate surface area is 223 Å². The van der Waals surface area contributed by atoms with Gasteiger partial charge in [-0.25, -0.2) is 13.3 Å². The van der Waals surface area contributed by atoms with E-state index in [1.54, 1.807) is 30.3 Å². The Balaban J connectivity index is 1.29. The summed E-state index contributed by atoms with van der Waals surface area (Å²) in [6.45, 7) is 1.55. The number of hydrogen-bond donors (Lipinski definition) is 0. The summed E-state index contributed by atoms with van der Waals surface area (Å²) >= 11 is 6.72. The lowest BCUT2D eigenvalue weighted by Crippen LogP contribution is -2.42. The van der Waals surface area contributed by atoms with Gasteiger partial charge < -0.3 is 4.90 Å². The molecule has 2 aromatic carbocycles. The quantitative estimate of drug-likeness (QED) is 0.414. The molecule has 11 heteroatoms. The minimum Gasteiger partial charge on any atom is -0.358 e. The molecule has 0 spiro atoms. The van der Waals surface area contributed by atoms with Crippen LogP contribution in [-0.4, -0.2) is 62.6 Å². The molecule has 5 rings (SSSR count). The number of aliphatic imine (C=N–C) groups is 1. The van der Waals surface area contributed by atoms with Crippen LogP contribution < -0.4 is 4.90 Å². The van der Waals surface area contributed by atoms with Gasteiger partial charge in [0.25, 0.3) is 5.91 Å². The van der Waals surface area contributed by atoms with E-state index in [9.17, 15) is 22.8 Å². The second-order valence-corrected chi connectivity index (χ2v) is 12.8. The molecule has 2 aliphatic rings. The standard InChI is InChI=1S/C26H22ClN3O5S2/c1-29-11-10-28-25(29)17-4-7-21-18(13-17)14-23(32)30(26(21)33)19-5-2-16(3-6-19)12-20(31)15-37(34,35)24-9-8-22(27)36-24/h2-9,13H,10-12,14-15H2,1H3. The van der Waals surface area contributed by atoms with Gasteiger partial charge >= 0.3 is 0 Å². The third kappa shape index (κ3) is 5.09. The van der Waals surface area contributed by atoms with Crippen LogP contribution in [0.5, 0.6) is 0 Å². The molecule has 0 radical (unpaired) electrons. The lowest BCUT2D eigenvalue weighted by molar-refractivity contribution is -0.118. The number of amidine groups is 1. The molecule has 37 heavy (non-hydrogen) atoms. The van der Waals surface area contributed by atoms with Crippen molar-refractivity contribution in [2.24, 2.45) is 4.99 Å². The molecule has 2 aliphatic heterocycles. The zero-order valence-electron chi connectivity index (χ0n) is 19.8. The lowest BCUT2D eigenvalue weighted by atomic mass is 9.95. The zero-order chi connectivity index (χ0) is 26.3. The van der Waals surface area contributed by atoms with E-state index in [2.05, 4.69) is 4.99 Å². The topological polar surface area (TPSA) is 104 Å². The van der Waals surface area contributed by atoms with Crippen LogP contribution in [0.4, 0.5) is 5.69 Å². The fourth-order valence-electron chi connectivity index (χ4n) is 4.46.